The summed E-state index contributed by atoms with van der Waals surface area (Å²) in [7, 11) is 0. The first-order chi connectivity index (χ1) is 9.95. The zero-order chi connectivity index (χ0) is 15.4. The van der Waals surface area contributed by atoms with Crippen LogP contribution < -0.4 is 10.1 Å². The number of benzene rings is 1. The first-order valence-electron chi connectivity index (χ1n) is 6.36. The fourth-order valence-corrected chi connectivity index (χ4v) is 1.63. The molecule has 1 N–H and O–H groups in total. The normalized spacial score (nSPS) is 10.5. The van der Waals surface area contributed by atoms with E-state index in [9.17, 15) is 13.6 Å². The molecule has 1 heterocycles. The molecule has 0 spiro atoms. The van der Waals surface area contributed by atoms with Crippen molar-refractivity contribution >= 4 is 11.8 Å². The second-order valence-corrected chi connectivity index (χ2v) is 4.67. The number of nitrogens with one attached hydrogen (secondary N) is 1. The summed E-state index contributed by atoms with van der Waals surface area (Å²) in [5, 5.41) is 3.04. The summed E-state index contributed by atoms with van der Waals surface area (Å²) >= 11 is 0. The van der Waals surface area contributed by atoms with Gasteiger partial charge in [0.1, 0.15) is 11.6 Å². The average Bonchev–Trinajstić information content (AvgIpc) is 2.41. The zero-order valence-corrected chi connectivity index (χ0v) is 11.6. The molecule has 0 bridgehead atoms. The predicted octanol–water partition coefficient (Wildman–Crippen LogP) is 3.40. The van der Waals surface area contributed by atoms with Gasteiger partial charge in [0.25, 0.3) is 0 Å². The number of halogens is 2. The number of ether oxygens (including phenoxy) is 1. The van der Waals surface area contributed by atoms with E-state index in [-0.39, 0.29) is 17.5 Å². The molecule has 0 saturated heterocycles. The van der Waals surface area contributed by atoms with E-state index in [1.54, 1.807) is 12.1 Å². The molecule has 4 nitrogen and oxygen atoms in total. The van der Waals surface area contributed by atoms with Crippen LogP contribution in [0.1, 0.15) is 24.3 Å². The average molecular weight is 292 g/mol. The summed E-state index contributed by atoms with van der Waals surface area (Å²) in [6.45, 7) is 3.86. The quantitative estimate of drug-likeness (QED) is 0.693. The lowest BCUT2D eigenvalue weighted by atomic mass is 10.3. The summed E-state index contributed by atoms with van der Waals surface area (Å²) in [5.74, 6) is -2.33. The number of aromatic nitrogens is 1. The molecular formula is C15H14F2N2O2. The van der Waals surface area contributed by atoms with Crippen molar-refractivity contribution in [2.45, 2.75) is 19.9 Å². The molecular weight excluding hydrogens is 278 g/mol. The van der Waals surface area contributed by atoms with Gasteiger partial charge in [0.05, 0.1) is 0 Å². The summed E-state index contributed by atoms with van der Waals surface area (Å²) in [4.78, 5) is 16.0. The molecule has 0 aliphatic heterocycles. The molecule has 110 valence electrons. The van der Waals surface area contributed by atoms with Gasteiger partial charge in [-0.15, -0.1) is 0 Å². The maximum Gasteiger partial charge on any atom is 0.362 e. The molecule has 0 radical (unpaired) electrons. The van der Waals surface area contributed by atoms with Crippen molar-refractivity contribution < 1.29 is 18.3 Å². The van der Waals surface area contributed by atoms with Crippen molar-refractivity contribution in [3.05, 3.63) is 53.7 Å². The largest absolute Gasteiger partial charge is 0.419 e. The lowest BCUT2D eigenvalue weighted by molar-refractivity contribution is 0.0721. The van der Waals surface area contributed by atoms with Crippen LogP contribution in [0.25, 0.3) is 0 Å². The highest BCUT2D eigenvalue weighted by Crippen LogP contribution is 2.19. The molecule has 6 heteroatoms. The van der Waals surface area contributed by atoms with E-state index < -0.39 is 17.6 Å². The SMILES string of the molecule is CC(C)Nc1cccc(C(=O)Oc2ccc(F)cc2F)n1. The van der Waals surface area contributed by atoms with E-state index >= 15 is 0 Å². The highest BCUT2D eigenvalue weighted by Gasteiger charge is 2.14. The molecule has 0 aliphatic carbocycles. The molecule has 0 fully saturated rings. The molecule has 0 unspecified atom stereocenters. The van der Waals surface area contributed by atoms with E-state index in [1.807, 2.05) is 13.8 Å². The van der Waals surface area contributed by atoms with E-state index in [2.05, 4.69) is 10.3 Å². The van der Waals surface area contributed by atoms with Gasteiger partial charge in [0.2, 0.25) is 0 Å². The standard InChI is InChI=1S/C15H14F2N2O2/c1-9(2)18-14-5-3-4-12(19-14)15(20)21-13-7-6-10(16)8-11(13)17/h3-9H,1-2H3,(H,18,19). The van der Waals surface area contributed by atoms with Crippen LogP contribution in [0.15, 0.2) is 36.4 Å². The number of anilines is 1. The molecule has 0 atom stereocenters. The van der Waals surface area contributed by atoms with Gasteiger partial charge >= 0.3 is 5.97 Å². The number of rotatable bonds is 4. The Bertz CT molecular complexity index is 660. The van der Waals surface area contributed by atoms with Crippen molar-refractivity contribution in [1.82, 2.24) is 4.98 Å². The Morgan fingerprint density at radius 1 is 1.24 bits per heavy atom. The Balaban J connectivity index is 2.16. The van der Waals surface area contributed by atoms with Crippen LogP contribution in [0.2, 0.25) is 0 Å². The summed E-state index contributed by atoms with van der Waals surface area (Å²) in [6, 6.07) is 7.65. The Morgan fingerprint density at radius 3 is 2.67 bits per heavy atom. The van der Waals surface area contributed by atoms with Gasteiger partial charge in [-0.25, -0.2) is 18.6 Å². The summed E-state index contributed by atoms with van der Waals surface area (Å²) < 4.78 is 31.1. The lowest BCUT2D eigenvalue weighted by Gasteiger charge is -2.10. The van der Waals surface area contributed by atoms with Crippen molar-refractivity contribution in [2.75, 3.05) is 5.32 Å². The van der Waals surface area contributed by atoms with Crippen LogP contribution in [0.4, 0.5) is 14.6 Å². The van der Waals surface area contributed by atoms with Gasteiger partial charge in [-0.05, 0) is 38.1 Å². The maximum absolute atomic E-state index is 13.4. The second kappa shape index (κ2) is 6.30. The van der Waals surface area contributed by atoms with Gasteiger partial charge in [0, 0.05) is 12.1 Å². The third-order valence-electron chi connectivity index (χ3n) is 2.49. The highest BCUT2D eigenvalue weighted by molar-refractivity contribution is 5.89. The van der Waals surface area contributed by atoms with Gasteiger partial charge in [-0.3, -0.25) is 0 Å². The number of esters is 1. The van der Waals surface area contributed by atoms with Crippen LogP contribution in [0.5, 0.6) is 5.75 Å². The zero-order valence-electron chi connectivity index (χ0n) is 11.6. The third kappa shape index (κ3) is 3.98. The fraction of sp³-hybridized carbons (Fsp3) is 0.200. The van der Waals surface area contributed by atoms with Crippen LogP contribution in [0, 0.1) is 11.6 Å². The number of carbonyl (C=O) groups excluding carboxylic acids is 1. The smallest absolute Gasteiger partial charge is 0.362 e. The molecule has 21 heavy (non-hydrogen) atoms. The molecule has 2 rings (SSSR count). The molecule has 1 aromatic carbocycles. The number of hydrogen-bond donors (Lipinski definition) is 1. The maximum atomic E-state index is 13.4. The van der Waals surface area contributed by atoms with Crippen molar-refractivity contribution in [1.29, 1.82) is 0 Å². The van der Waals surface area contributed by atoms with Crippen LogP contribution in [0.3, 0.4) is 0 Å². The molecule has 0 saturated carbocycles. The summed E-state index contributed by atoms with van der Waals surface area (Å²) in [5.41, 5.74) is 0.0318. The second-order valence-electron chi connectivity index (χ2n) is 4.67. The van der Waals surface area contributed by atoms with E-state index in [1.165, 1.54) is 6.07 Å². The number of pyridine rings is 1. The van der Waals surface area contributed by atoms with Crippen molar-refractivity contribution in [2.24, 2.45) is 0 Å². The minimum atomic E-state index is -0.945. The first-order valence-corrected chi connectivity index (χ1v) is 6.36. The number of carbonyl (C=O) groups is 1. The lowest BCUT2D eigenvalue weighted by Crippen LogP contribution is -2.15. The van der Waals surface area contributed by atoms with E-state index in [0.717, 1.165) is 12.1 Å². The van der Waals surface area contributed by atoms with Crippen LogP contribution in [-0.4, -0.2) is 17.0 Å². The van der Waals surface area contributed by atoms with Gasteiger partial charge in [-0.2, -0.15) is 0 Å². The Morgan fingerprint density at radius 2 is 2.00 bits per heavy atom. The van der Waals surface area contributed by atoms with Gasteiger partial charge < -0.3 is 10.1 Å². The minimum Gasteiger partial charge on any atom is -0.419 e. The summed E-state index contributed by atoms with van der Waals surface area (Å²) in [6.07, 6.45) is 0. The first kappa shape index (κ1) is 14.9. The van der Waals surface area contributed by atoms with Crippen molar-refractivity contribution in [3.63, 3.8) is 0 Å². The van der Waals surface area contributed by atoms with Crippen LogP contribution >= 0.6 is 0 Å². The molecule has 1 aromatic heterocycles. The third-order valence-corrected chi connectivity index (χ3v) is 2.49. The monoisotopic (exact) mass is 292 g/mol. The molecule has 2 aromatic rings. The Labute approximate surface area is 120 Å². The number of nitrogens with zero attached hydrogens (tertiary/aromatic N) is 1. The van der Waals surface area contributed by atoms with Gasteiger partial charge in [-0.1, -0.05) is 6.07 Å². The Hall–Kier alpha value is -2.50. The van der Waals surface area contributed by atoms with Crippen LogP contribution in [-0.2, 0) is 0 Å². The highest BCUT2D eigenvalue weighted by atomic mass is 19.1. The Kier molecular flexibility index (Phi) is 4.47. The molecule has 0 aliphatic rings. The molecule has 0 amide bonds. The fourth-order valence-electron chi connectivity index (χ4n) is 1.63. The van der Waals surface area contributed by atoms with E-state index in [4.69, 9.17) is 4.74 Å². The van der Waals surface area contributed by atoms with Crippen molar-refractivity contribution in [3.8, 4) is 5.75 Å². The van der Waals surface area contributed by atoms with E-state index in [0.29, 0.717) is 11.9 Å². The van der Waals surface area contributed by atoms with Gasteiger partial charge in [0.15, 0.2) is 17.3 Å². The number of hydrogen-bond acceptors (Lipinski definition) is 4. The predicted molar refractivity (Wildman–Crippen MR) is 74.3 cm³/mol. The minimum absolute atomic E-state index is 0.0318. The topological polar surface area (TPSA) is 51.2 Å².